The molecule has 0 amide bonds. The molecule has 0 unspecified atom stereocenters. The fraction of sp³-hybridized carbons (Fsp3) is 0.0588. The average molecular weight is 278 g/mol. The summed E-state index contributed by atoms with van der Waals surface area (Å²) in [5.41, 5.74) is 4.43. The van der Waals surface area contributed by atoms with Crippen molar-refractivity contribution < 1.29 is 9.53 Å². The van der Waals surface area contributed by atoms with Crippen molar-refractivity contribution in [1.82, 2.24) is 9.97 Å². The molecule has 2 aromatic heterocycles. The number of ether oxygens (including phenoxy) is 1. The number of nitrogens with one attached hydrogen (secondary N) is 1. The molecule has 2 heterocycles. The molecule has 0 atom stereocenters. The molecule has 21 heavy (non-hydrogen) atoms. The minimum atomic E-state index is -0.337. The van der Waals surface area contributed by atoms with Gasteiger partial charge in [0.2, 0.25) is 0 Å². The smallest absolute Gasteiger partial charge is 0.337 e. The number of hydrogen-bond donors (Lipinski definition) is 1. The average Bonchev–Trinajstić information content (AvgIpc) is 3.05. The van der Waals surface area contributed by atoms with Crippen LogP contribution in [0.25, 0.3) is 22.5 Å². The Morgan fingerprint density at radius 1 is 1.05 bits per heavy atom. The second-order valence-electron chi connectivity index (χ2n) is 4.60. The highest BCUT2D eigenvalue weighted by Crippen LogP contribution is 2.24. The van der Waals surface area contributed by atoms with E-state index in [4.69, 9.17) is 4.74 Å². The van der Waals surface area contributed by atoms with Gasteiger partial charge in [-0.1, -0.05) is 12.1 Å². The number of aromatic amines is 1. The molecule has 0 saturated carbocycles. The summed E-state index contributed by atoms with van der Waals surface area (Å²) in [6, 6.07) is 15.2. The Labute approximate surface area is 122 Å². The number of esters is 1. The first-order valence-electron chi connectivity index (χ1n) is 6.56. The second kappa shape index (κ2) is 5.63. The van der Waals surface area contributed by atoms with Crippen LogP contribution in [0.15, 0.2) is 60.9 Å². The number of pyridine rings is 1. The minimum Gasteiger partial charge on any atom is -0.465 e. The third-order valence-electron chi connectivity index (χ3n) is 3.25. The van der Waals surface area contributed by atoms with E-state index in [1.54, 1.807) is 18.5 Å². The summed E-state index contributed by atoms with van der Waals surface area (Å²) in [7, 11) is 1.38. The zero-order valence-corrected chi connectivity index (χ0v) is 11.5. The van der Waals surface area contributed by atoms with E-state index in [9.17, 15) is 4.79 Å². The van der Waals surface area contributed by atoms with Gasteiger partial charge in [0.1, 0.15) is 0 Å². The lowest BCUT2D eigenvalue weighted by atomic mass is 10.1. The van der Waals surface area contributed by atoms with E-state index in [1.807, 2.05) is 42.5 Å². The lowest BCUT2D eigenvalue weighted by molar-refractivity contribution is 0.0601. The van der Waals surface area contributed by atoms with Gasteiger partial charge in [-0.25, -0.2) is 4.79 Å². The van der Waals surface area contributed by atoms with Crippen LogP contribution in [0.3, 0.4) is 0 Å². The second-order valence-corrected chi connectivity index (χ2v) is 4.60. The Kier molecular flexibility index (Phi) is 3.51. The largest absolute Gasteiger partial charge is 0.465 e. The number of methoxy groups -OCH3 is 1. The topological polar surface area (TPSA) is 55.0 Å². The zero-order valence-electron chi connectivity index (χ0n) is 11.5. The highest BCUT2D eigenvalue weighted by Gasteiger charge is 2.08. The summed E-state index contributed by atoms with van der Waals surface area (Å²) in [4.78, 5) is 19.0. The molecule has 0 aliphatic carbocycles. The van der Waals surface area contributed by atoms with Crippen LogP contribution in [-0.4, -0.2) is 23.0 Å². The SMILES string of the molecule is COC(=O)c1cccc(-c2ccc(-c3cccnc3)[nH]2)c1. The molecular weight excluding hydrogens is 264 g/mol. The number of aromatic nitrogens is 2. The van der Waals surface area contributed by atoms with Gasteiger partial charge in [-0.2, -0.15) is 0 Å². The Hall–Kier alpha value is -2.88. The van der Waals surface area contributed by atoms with Crippen molar-refractivity contribution in [3.8, 4) is 22.5 Å². The maximum atomic E-state index is 11.6. The Morgan fingerprint density at radius 2 is 1.81 bits per heavy atom. The van der Waals surface area contributed by atoms with Crippen LogP contribution in [0, 0.1) is 0 Å². The molecule has 4 nitrogen and oxygen atoms in total. The van der Waals surface area contributed by atoms with Gasteiger partial charge >= 0.3 is 5.97 Å². The van der Waals surface area contributed by atoms with Gasteiger partial charge < -0.3 is 9.72 Å². The quantitative estimate of drug-likeness (QED) is 0.746. The van der Waals surface area contributed by atoms with Gasteiger partial charge in [0.05, 0.1) is 12.7 Å². The van der Waals surface area contributed by atoms with Gasteiger partial charge in [-0.15, -0.1) is 0 Å². The van der Waals surface area contributed by atoms with Crippen LogP contribution in [0.5, 0.6) is 0 Å². The molecule has 1 N–H and O–H groups in total. The van der Waals surface area contributed by atoms with E-state index >= 15 is 0 Å². The number of carbonyl (C=O) groups excluding carboxylic acids is 1. The van der Waals surface area contributed by atoms with Gasteiger partial charge in [0, 0.05) is 29.3 Å². The van der Waals surface area contributed by atoms with Crippen molar-refractivity contribution in [1.29, 1.82) is 0 Å². The fourth-order valence-corrected chi connectivity index (χ4v) is 2.19. The fourth-order valence-electron chi connectivity index (χ4n) is 2.19. The van der Waals surface area contributed by atoms with Crippen LogP contribution in [0.4, 0.5) is 0 Å². The molecule has 0 aliphatic rings. The molecule has 4 heteroatoms. The summed E-state index contributed by atoms with van der Waals surface area (Å²) in [6.07, 6.45) is 3.55. The van der Waals surface area contributed by atoms with E-state index in [1.165, 1.54) is 7.11 Å². The summed E-state index contributed by atoms with van der Waals surface area (Å²) < 4.78 is 4.74. The number of carbonyl (C=O) groups is 1. The first-order valence-corrected chi connectivity index (χ1v) is 6.56. The van der Waals surface area contributed by atoms with Crippen molar-refractivity contribution in [2.75, 3.05) is 7.11 Å². The highest BCUT2D eigenvalue weighted by atomic mass is 16.5. The minimum absolute atomic E-state index is 0.337. The van der Waals surface area contributed by atoms with Crippen molar-refractivity contribution >= 4 is 5.97 Å². The molecule has 0 saturated heterocycles. The summed E-state index contributed by atoms with van der Waals surface area (Å²) in [6.45, 7) is 0. The third kappa shape index (κ3) is 2.69. The molecule has 0 bridgehead atoms. The summed E-state index contributed by atoms with van der Waals surface area (Å²) >= 11 is 0. The first-order chi connectivity index (χ1) is 10.3. The first kappa shape index (κ1) is 13.1. The van der Waals surface area contributed by atoms with Gasteiger partial charge in [-0.3, -0.25) is 4.98 Å². The zero-order chi connectivity index (χ0) is 14.7. The number of nitrogens with zero attached hydrogens (tertiary/aromatic N) is 1. The van der Waals surface area contributed by atoms with Gasteiger partial charge in [0.25, 0.3) is 0 Å². The van der Waals surface area contributed by atoms with Crippen molar-refractivity contribution in [3.63, 3.8) is 0 Å². The summed E-state index contributed by atoms with van der Waals surface area (Å²) in [5.74, 6) is -0.337. The molecule has 1 aromatic carbocycles. The van der Waals surface area contributed by atoms with E-state index in [0.717, 1.165) is 22.5 Å². The van der Waals surface area contributed by atoms with E-state index < -0.39 is 0 Å². The Bertz CT molecular complexity index is 763. The van der Waals surface area contributed by atoms with Gasteiger partial charge in [-0.05, 0) is 42.0 Å². The van der Waals surface area contributed by atoms with Crippen LogP contribution in [-0.2, 0) is 4.74 Å². The van der Waals surface area contributed by atoms with E-state index in [-0.39, 0.29) is 5.97 Å². The highest BCUT2D eigenvalue weighted by molar-refractivity contribution is 5.90. The normalized spacial score (nSPS) is 10.3. The molecular formula is C17H14N2O2. The Balaban J connectivity index is 1.95. The Morgan fingerprint density at radius 3 is 2.52 bits per heavy atom. The molecule has 0 spiro atoms. The maximum Gasteiger partial charge on any atom is 0.337 e. The van der Waals surface area contributed by atoms with Crippen LogP contribution in [0.2, 0.25) is 0 Å². The number of benzene rings is 1. The van der Waals surface area contributed by atoms with Gasteiger partial charge in [0.15, 0.2) is 0 Å². The van der Waals surface area contributed by atoms with Crippen LogP contribution < -0.4 is 0 Å². The molecule has 0 fully saturated rings. The molecule has 3 rings (SSSR count). The summed E-state index contributed by atoms with van der Waals surface area (Å²) in [5, 5.41) is 0. The van der Waals surface area contributed by atoms with Crippen molar-refractivity contribution in [2.24, 2.45) is 0 Å². The monoisotopic (exact) mass is 278 g/mol. The lowest BCUT2D eigenvalue weighted by Crippen LogP contribution is -2.00. The third-order valence-corrected chi connectivity index (χ3v) is 3.25. The predicted molar refractivity (Wildman–Crippen MR) is 80.8 cm³/mol. The number of H-pyrrole nitrogens is 1. The van der Waals surface area contributed by atoms with Crippen molar-refractivity contribution in [2.45, 2.75) is 0 Å². The maximum absolute atomic E-state index is 11.6. The number of rotatable bonds is 3. The predicted octanol–water partition coefficient (Wildman–Crippen LogP) is 3.53. The molecule has 0 radical (unpaired) electrons. The number of hydrogen-bond acceptors (Lipinski definition) is 3. The van der Waals surface area contributed by atoms with E-state index in [0.29, 0.717) is 5.56 Å². The molecule has 3 aromatic rings. The molecule has 0 aliphatic heterocycles. The van der Waals surface area contributed by atoms with Crippen LogP contribution in [0.1, 0.15) is 10.4 Å². The molecule has 104 valence electrons. The van der Waals surface area contributed by atoms with Crippen LogP contribution >= 0.6 is 0 Å². The lowest BCUT2D eigenvalue weighted by Gasteiger charge is -2.03. The van der Waals surface area contributed by atoms with Crippen molar-refractivity contribution in [3.05, 3.63) is 66.5 Å². The standard InChI is InChI=1S/C17H14N2O2/c1-21-17(20)13-5-2-4-12(10-13)15-7-8-16(19-15)14-6-3-9-18-11-14/h2-11,19H,1H3. The van der Waals surface area contributed by atoms with E-state index in [2.05, 4.69) is 9.97 Å².